The Morgan fingerprint density at radius 1 is 1.36 bits per heavy atom. The summed E-state index contributed by atoms with van der Waals surface area (Å²) >= 11 is 0. The average molecular weight is 342 g/mol. The second-order valence-corrected chi connectivity index (χ2v) is 6.10. The molecular formula is C19H22N2O4. The van der Waals surface area contributed by atoms with Crippen molar-refractivity contribution in [2.24, 2.45) is 0 Å². The molecule has 1 atom stereocenters. The molecule has 0 unspecified atom stereocenters. The molecule has 1 aliphatic heterocycles. The summed E-state index contributed by atoms with van der Waals surface area (Å²) in [6.45, 7) is 3.71. The molecule has 25 heavy (non-hydrogen) atoms. The number of rotatable bonds is 4. The van der Waals surface area contributed by atoms with Crippen LogP contribution in [0.4, 0.5) is 5.69 Å². The molecule has 0 saturated carbocycles. The highest BCUT2D eigenvalue weighted by Crippen LogP contribution is 2.31. The number of aryl methyl sites for hydroxylation is 1. The number of methoxy groups -OCH3 is 1. The van der Waals surface area contributed by atoms with Crippen molar-refractivity contribution < 1.29 is 19.5 Å². The Balaban J connectivity index is 1.98. The predicted octanol–water partition coefficient (Wildman–Crippen LogP) is 2.53. The van der Waals surface area contributed by atoms with E-state index in [-0.39, 0.29) is 6.04 Å². The van der Waals surface area contributed by atoms with Crippen LogP contribution in [0.1, 0.15) is 21.5 Å². The fraction of sp³-hybridized carbons (Fsp3) is 0.316. The summed E-state index contributed by atoms with van der Waals surface area (Å²) in [4.78, 5) is 13.9. The first-order valence-corrected chi connectivity index (χ1v) is 8.15. The van der Waals surface area contributed by atoms with Crippen molar-refractivity contribution in [2.75, 3.05) is 25.2 Å². The van der Waals surface area contributed by atoms with E-state index in [1.165, 1.54) is 5.56 Å². The van der Waals surface area contributed by atoms with Crippen LogP contribution in [0.2, 0.25) is 0 Å². The Morgan fingerprint density at radius 3 is 2.88 bits per heavy atom. The molecule has 6 nitrogen and oxygen atoms in total. The van der Waals surface area contributed by atoms with Gasteiger partial charge in [0.05, 0.1) is 12.6 Å². The summed E-state index contributed by atoms with van der Waals surface area (Å²) in [5, 5.41) is 8.82. The van der Waals surface area contributed by atoms with Crippen molar-refractivity contribution in [3.63, 3.8) is 0 Å². The molecule has 1 amide bonds. The molecule has 0 aromatic heterocycles. The van der Waals surface area contributed by atoms with E-state index in [1.807, 2.05) is 18.2 Å². The van der Waals surface area contributed by atoms with Gasteiger partial charge in [0.1, 0.15) is 12.4 Å². The van der Waals surface area contributed by atoms with Crippen molar-refractivity contribution in [3.05, 3.63) is 59.2 Å². The normalized spacial score (nSPS) is 16.6. The van der Waals surface area contributed by atoms with Gasteiger partial charge in [-0.15, -0.1) is 0 Å². The molecule has 6 heteroatoms. The minimum Gasteiger partial charge on any atom is -0.491 e. The fourth-order valence-corrected chi connectivity index (χ4v) is 3.11. The summed E-state index contributed by atoms with van der Waals surface area (Å²) in [6, 6.07) is 13.5. The number of carbonyl (C=O) groups excluding carboxylic acids is 1. The molecular weight excluding hydrogens is 320 g/mol. The summed E-state index contributed by atoms with van der Waals surface area (Å²) < 4.78 is 11.3. The van der Waals surface area contributed by atoms with Gasteiger partial charge in [-0.25, -0.2) is 5.48 Å². The molecule has 3 rings (SSSR count). The molecule has 1 heterocycles. The van der Waals surface area contributed by atoms with E-state index in [1.54, 1.807) is 24.7 Å². The Kier molecular flexibility index (Phi) is 5.21. The third-order valence-corrected chi connectivity index (χ3v) is 4.43. The number of nitrogens with one attached hydrogen (secondary N) is 1. The molecule has 132 valence electrons. The lowest BCUT2D eigenvalue weighted by Gasteiger charge is -2.32. The second-order valence-electron chi connectivity index (χ2n) is 6.10. The van der Waals surface area contributed by atoms with E-state index in [0.29, 0.717) is 31.1 Å². The molecule has 0 saturated heterocycles. The first kappa shape index (κ1) is 17.3. The summed E-state index contributed by atoms with van der Waals surface area (Å²) in [5.41, 5.74) is 5.31. The minimum absolute atomic E-state index is 0.0496. The van der Waals surface area contributed by atoms with Crippen LogP contribution in [-0.2, 0) is 11.3 Å². The van der Waals surface area contributed by atoms with Crippen molar-refractivity contribution in [1.29, 1.82) is 0 Å². The SMILES string of the molecule is COC[C@@H]1COc2cc(C(=O)NO)ccc2CN1c1ccccc1C. The van der Waals surface area contributed by atoms with Crippen LogP contribution >= 0.6 is 0 Å². The highest BCUT2D eigenvalue weighted by molar-refractivity contribution is 5.93. The van der Waals surface area contributed by atoms with Crippen LogP contribution in [0, 0.1) is 6.92 Å². The number of ether oxygens (including phenoxy) is 2. The molecule has 0 bridgehead atoms. The lowest BCUT2D eigenvalue weighted by Crippen LogP contribution is -2.41. The first-order chi connectivity index (χ1) is 12.1. The molecule has 0 fully saturated rings. The van der Waals surface area contributed by atoms with E-state index in [9.17, 15) is 4.79 Å². The lowest BCUT2D eigenvalue weighted by molar-refractivity contribution is 0.0706. The molecule has 2 aromatic carbocycles. The Morgan fingerprint density at radius 2 is 2.16 bits per heavy atom. The molecule has 0 aliphatic carbocycles. The molecule has 2 N–H and O–H groups in total. The van der Waals surface area contributed by atoms with Crippen molar-refractivity contribution in [2.45, 2.75) is 19.5 Å². The quantitative estimate of drug-likeness (QED) is 0.660. The van der Waals surface area contributed by atoms with E-state index >= 15 is 0 Å². The van der Waals surface area contributed by atoms with Gasteiger partial charge in [0.25, 0.3) is 5.91 Å². The van der Waals surface area contributed by atoms with Gasteiger partial charge in [-0.3, -0.25) is 10.0 Å². The third kappa shape index (κ3) is 3.60. The fourth-order valence-electron chi connectivity index (χ4n) is 3.11. The predicted molar refractivity (Wildman–Crippen MR) is 94.2 cm³/mol. The maximum absolute atomic E-state index is 11.6. The zero-order valence-corrected chi connectivity index (χ0v) is 14.4. The van der Waals surface area contributed by atoms with Crippen LogP contribution < -0.4 is 15.1 Å². The molecule has 0 spiro atoms. The number of anilines is 1. The topological polar surface area (TPSA) is 71.0 Å². The van der Waals surface area contributed by atoms with Crippen LogP contribution in [0.25, 0.3) is 0 Å². The monoisotopic (exact) mass is 342 g/mol. The van der Waals surface area contributed by atoms with Gasteiger partial charge >= 0.3 is 0 Å². The third-order valence-electron chi connectivity index (χ3n) is 4.43. The van der Waals surface area contributed by atoms with Gasteiger partial charge < -0.3 is 14.4 Å². The minimum atomic E-state index is -0.556. The van der Waals surface area contributed by atoms with Gasteiger partial charge in [-0.2, -0.15) is 0 Å². The highest BCUT2D eigenvalue weighted by Gasteiger charge is 2.26. The maximum Gasteiger partial charge on any atom is 0.274 e. The number of hydroxylamine groups is 1. The van der Waals surface area contributed by atoms with E-state index in [0.717, 1.165) is 11.3 Å². The second kappa shape index (κ2) is 7.55. The van der Waals surface area contributed by atoms with Crippen LogP contribution in [0.15, 0.2) is 42.5 Å². The van der Waals surface area contributed by atoms with Crippen molar-refractivity contribution >= 4 is 11.6 Å². The largest absolute Gasteiger partial charge is 0.491 e. The summed E-state index contributed by atoms with van der Waals surface area (Å²) in [6.07, 6.45) is 0. The Bertz CT molecular complexity index is 763. The molecule has 1 aliphatic rings. The lowest BCUT2D eigenvalue weighted by atomic mass is 10.1. The van der Waals surface area contributed by atoms with E-state index in [2.05, 4.69) is 24.0 Å². The van der Waals surface area contributed by atoms with Crippen LogP contribution in [0.3, 0.4) is 0 Å². The molecule has 2 aromatic rings. The van der Waals surface area contributed by atoms with Gasteiger partial charge in [0, 0.05) is 30.5 Å². The summed E-state index contributed by atoms with van der Waals surface area (Å²) in [5.74, 6) is 0.0955. The smallest absolute Gasteiger partial charge is 0.274 e. The Hall–Kier alpha value is -2.57. The van der Waals surface area contributed by atoms with Crippen molar-refractivity contribution in [3.8, 4) is 5.75 Å². The van der Waals surface area contributed by atoms with Crippen LogP contribution in [0.5, 0.6) is 5.75 Å². The number of fused-ring (bicyclic) bond motifs is 1. The standard InChI is InChI=1S/C19H22N2O4/c1-13-5-3-4-6-17(13)21-10-15-8-7-14(19(22)20-23)9-18(15)25-12-16(21)11-24-2/h3-9,16,23H,10-12H2,1-2H3,(H,20,22)/t16-/m1/s1. The van der Waals surface area contributed by atoms with Crippen molar-refractivity contribution in [1.82, 2.24) is 5.48 Å². The van der Waals surface area contributed by atoms with Gasteiger partial charge in [0.15, 0.2) is 0 Å². The Labute approximate surface area is 146 Å². The maximum atomic E-state index is 11.6. The highest BCUT2D eigenvalue weighted by atomic mass is 16.5. The number of benzene rings is 2. The average Bonchev–Trinajstić information content (AvgIpc) is 2.81. The van der Waals surface area contributed by atoms with E-state index < -0.39 is 5.91 Å². The zero-order chi connectivity index (χ0) is 17.8. The van der Waals surface area contributed by atoms with E-state index in [4.69, 9.17) is 14.7 Å². The van der Waals surface area contributed by atoms with Gasteiger partial charge in [-0.05, 0) is 30.7 Å². The number of hydrogen-bond donors (Lipinski definition) is 2. The number of nitrogens with zero attached hydrogens (tertiary/aromatic N) is 1. The zero-order valence-electron chi connectivity index (χ0n) is 14.4. The number of para-hydroxylation sites is 1. The summed E-state index contributed by atoms with van der Waals surface area (Å²) in [7, 11) is 1.68. The number of hydrogen-bond acceptors (Lipinski definition) is 5. The molecule has 0 radical (unpaired) electrons. The van der Waals surface area contributed by atoms with Gasteiger partial charge in [-0.1, -0.05) is 24.3 Å². The number of carbonyl (C=O) groups is 1. The first-order valence-electron chi connectivity index (χ1n) is 8.15. The van der Waals surface area contributed by atoms with Crippen LogP contribution in [-0.4, -0.2) is 37.5 Å². The van der Waals surface area contributed by atoms with Gasteiger partial charge in [0.2, 0.25) is 0 Å². The number of amides is 1.